The summed E-state index contributed by atoms with van der Waals surface area (Å²) in [6.07, 6.45) is 9.52. The van der Waals surface area contributed by atoms with Crippen LogP contribution < -0.4 is 0 Å². The van der Waals surface area contributed by atoms with Crippen LogP contribution >= 0.6 is 0 Å². The summed E-state index contributed by atoms with van der Waals surface area (Å²) < 4.78 is 0. The second-order valence-corrected chi connectivity index (χ2v) is 12.2. The third kappa shape index (κ3) is 15.8. The Labute approximate surface area is 260 Å². The van der Waals surface area contributed by atoms with E-state index in [2.05, 4.69) is 155 Å². The van der Waals surface area contributed by atoms with Gasteiger partial charge in [-0.1, -0.05) is 153 Å². The molecule has 228 valence electrons. The SMILES string of the molecule is CCCCCCCC.Cc1cc(C)c(C)c(C)c1.Cc1ccc(C)c(C)c1.Cc1ccc(Cc2ccc(C)cc2)cc1. The summed E-state index contributed by atoms with van der Waals surface area (Å²) in [6, 6.07) is 28.4. The molecule has 0 amide bonds. The van der Waals surface area contributed by atoms with E-state index >= 15 is 0 Å². The van der Waals surface area contributed by atoms with E-state index in [1.165, 1.54) is 99.7 Å². The van der Waals surface area contributed by atoms with E-state index in [9.17, 15) is 0 Å². The fourth-order valence-corrected chi connectivity index (χ4v) is 4.64. The van der Waals surface area contributed by atoms with E-state index in [0.717, 1.165) is 6.42 Å². The Morgan fingerprint density at radius 3 is 1.10 bits per heavy atom. The van der Waals surface area contributed by atoms with Gasteiger partial charge in [0.05, 0.1) is 0 Å². The number of aryl methyl sites for hydroxylation is 8. The van der Waals surface area contributed by atoms with Crippen LogP contribution in [0.2, 0.25) is 0 Å². The van der Waals surface area contributed by atoms with Gasteiger partial charge in [0.15, 0.2) is 0 Å². The van der Waals surface area contributed by atoms with Crippen LogP contribution in [0.15, 0.2) is 78.9 Å². The minimum Gasteiger partial charge on any atom is -0.0654 e. The fourth-order valence-electron chi connectivity index (χ4n) is 4.64. The topological polar surface area (TPSA) is 0 Å². The third-order valence-electron chi connectivity index (χ3n) is 7.84. The van der Waals surface area contributed by atoms with Gasteiger partial charge in [-0.25, -0.2) is 0 Å². The van der Waals surface area contributed by atoms with E-state index in [4.69, 9.17) is 0 Å². The maximum atomic E-state index is 2.26. The normalized spacial score (nSPS) is 9.98. The molecule has 4 aromatic rings. The number of unbranched alkanes of at least 4 members (excludes halogenated alkanes) is 5. The number of rotatable bonds is 7. The molecule has 0 unspecified atom stereocenters. The molecule has 0 N–H and O–H groups in total. The molecule has 0 saturated heterocycles. The second-order valence-electron chi connectivity index (χ2n) is 12.2. The van der Waals surface area contributed by atoms with Gasteiger partial charge in [-0.15, -0.1) is 0 Å². The first-order valence-electron chi connectivity index (χ1n) is 16.2. The maximum absolute atomic E-state index is 2.26. The highest BCUT2D eigenvalue weighted by Gasteiger charge is 1.97. The summed E-state index contributed by atoms with van der Waals surface area (Å²) in [4.78, 5) is 0. The molecule has 0 saturated carbocycles. The Hall–Kier alpha value is -3.12. The van der Waals surface area contributed by atoms with Crippen LogP contribution in [-0.4, -0.2) is 0 Å². The van der Waals surface area contributed by atoms with Gasteiger partial charge in [0.2, 0.25) is 0 Å². The molecule has 0 aliphatic carbocycles. The van der Waals surface area contributed by atoms with Crippen molar-refractivity contribution in [2.45, 2.75) is 121 Å². The molecule has 0 bridgehead atoms. The minimum absolute atomic E-state index is 1.03. The minimum atomic E-state index is 1.03. The molecule has 0 aliphatic heterocycles. The summed E-state index contributed by atoms with van der Waals surface area (Å²) in [5.74, 6) is 0. The molecule has 42 heavy (non-hydrogen) atoms. The first-order chi connectivity index (χ1) is 20.0. The zero-order valence-corrected chi connectivity index (χ0v) is 29.0. The van der Waals surface area contributed by atoms with Gasteiger partial charge in [0.1, 0.15) is 0 Å². The Balaban J connectivity index is 0.000000291. The van der Waals surface area contributed by atoms with Gasteiger partial charge in [0, 0.05) is 0 Å². The van der Waals surface area contributed by atoms with Crippen LogP contribution in [0.3, 0.4) is 0 Å². The standard InChI is InChI=1S/C15H16.C10H14.C9H12.C8H18/c1-12-3-7-14(8-4-12)11-15-9-5-13(2)6-10-15;1-7-5-8(2)10(4)9(3)6-7;1-7-4-5-8(2)9(3)6-7;1-3-5-7-8-6-4-2/h3-10H,11H2,1-2H3;5-6H,1-4H3;4-6H,1-3H3;3-8H2,1-2H3. The Morgan fingerprint density at radius 1 is 0.357 bits per heavy atom. The summed E-state index contributed by atoms with van der Waals surface area (Å²) >= 11 is 0. The van der Waals surface area contributed by atoms with Crippen molar-refractivity contribution in [3.63, 3.8) is 0 Å². The highest BCUT2D eigenvalue weighted by atomic mass is 14.0. The molecular formula is C42H60. The zero-order valence-electron chi connectivity index (χ0n) is 29.0. The van der Waals surface area contributed by atoms with Crippen LogP contribution in [0.25, 0.3) is 0 Å². The summed E-state index contributed by atoms with van der Waals surface area (Å²) in [6.45, 7) is 23.8. The van der Waals surface area contributed by atoms with E-state index < -0.39 is 0 Å². The lowest BCUT2D eigenvalue weighted by atomic mass is 10.0. The predicted octanol–water partition coefficient (Wildman–Crippen LogP) is 12.8. The molecule has 0 heteroatoms. The summed E-state index contributed by atoms with van der Waals surface area (Å²) in [7, 11) is 0. The highest BCUT2D eigenvalue weighted by Crippen LogP contribution is 2.14. The van der Waals surface area contributed by atoms with Crippen LogP contribution in [0, 0.1) is 62.3 Å². The summed E-state index contributed by atoms with van der Waals surface area (Å²) in [5.41, 5.74) is 15.1. The third-order valence-corrected chi connectivity index (χ3v) is 7.84. The molecule has 0 nitrogen and oxygen atoms in total. The molecule has 0 fully saturated rings. The van der Waals surface area contributed by atoms with Gasteiger partial charge >= 0.3 is 0 Å². The molecule has 0 spiro atoms. The maximum Gasteiger partial charge on any atom is -0.00258 e. The Bertz CT molecular complexity index is 1200. The van der Waals surface area contributed by atoms with Crippen molar-refractivity contribution < 1.29 is 0 Å². The van der Waals surface area contributed by atoms with Crippen molar-refractivity contribution in [2.24, 2.45) is 0 Å². The Morgan fingerprint density at radius 2 is 0.738 bits per heavy atom. The molecule has 4 rings (SSSR count). The molecule has 4 aromatic carbocycles. The summed E-state index contributed by atoms with van der Waals surface area (Å²) in [5, 5.41) is 0. The predicted molar refractivity (Wildman–Crippen MR) is 190 cm³/mol. The first-order valence-corrected chi connectivity index (χ1v) is 16.2. The van der Waals surface area contributed by atoms with Crippen molar-refractivity contribution >= 4 is 0 Å². The van der Waals surface area contributed by atoms with Crippen LogP contribution in [0.1, 0.15) is 114 Å². The van der Waals surface area contributed by atoms with Crippen LogP contribution in [-0.2, 0) is 6.42 Å². The zero-order chi connectivity index (χ0) is 31.5. The lowest BCUT2D eigenvalue weighted by Gasteiger charge is -2.04. The largest absolute Gasteiger partial charge is 0.0654 e. The van der Waals surface area contributed by atoms with Crippen LogP contribution in [0.5, 0.6) is 0 Å². The van der Waals surface area contributed by atoms with Crippen molar-refractivity contribution in [1.82, 2.24) is 0 Å². The van der Waals surface area contributed by atoms with Crippen molar-refractivity contribution in [1.29, 1.82) is 0 Å². The monoisotopic (exact) mass is 564 g/mol. The lowest BCUT2D eigenvalue weighted by Crippen LogP contribution is -1.88. The van der Waals surface area contributed by atoms with Gasteiger partial charge in [-0.2, -0.15) is 0 Å². The molecule has 0 atom stereocenters. The number of hydrogen-bond donors (Lipinski definition) is 0. The van der Waals surface area contributed by atoms with Gasteiger partial charge < -0.3 is 0 Å². The van der Waals surface area contributed by atoms with E-state index in [1.807, 2.05) is 0 Å². The second kappa shape index (κ2) is 20.7. The Kier molecular flexibility index (Phi) is 18.2. The van der Waals surface area contributed by atoms with Crippen molar-refractivity contribution in [3.05, 3.63) is 140 Å². The average Bonchev–Trinajstić information content (AvgIpc) is 2.95. The fraction of sp³-hybridized carbons (Fsp3) is 0.429. The van der Waals surface area contributed by atoms with Gasteiger partial charge in [-0.05, 0) is 108 Å². The van der Waals surface area contributed by atoms with Crippen molar-refractivity contribution in [2.75, 3.05) is 0 Å². The first kappa shape index (κ1) is 36.9. The molecule has 0 radical (unpaired) electrons. The molecule has 0 heterocycles. The van der Waals surface area contributed by atoms with E-state index in [0.29, 0.717) is 0 Å². The average molecular weight is 565 g/mol. The molecular weight excluding hydrogens is 504 g/mol. The van der Waals surface area contributed by atoms with E-state index in [-0.39, 0.29) is 0 Å². The van der Waals surface area contributed by atoms with Gasteiger partial charge in [-0.3, -0.25) is 0 Å². The van der Waals surface area contributed by atoms with E-state index in [1.54, 1.807) is 0 Å². The van der Waals surface area contributed by atoms with Crippen LogP contribution in [0.4, 0.5) is 0 Å². The molecule has 0 aliphatic rings. The van der Waals surface area contributed by atoms with Crippen molar-refractivity contribution in [3.8, 4) is 0 Å². The quantitative estimate of drug-likeness (QED) is 0.196. The number of benzene rings is 4. The highest BCUT2D eigenvalue weighted by molar-refractivity contribution is 5.36. The lowest BCUT2D eigenvalue weighted by molar-refractivity contribution is 0.624. The molecule has 0 aromatic heterocycles. The number of hydrogen-bond acceptors (Lipinski definition) is 0. The van der Waals surface area contributed by atoms with Gasteiger partial charge in [0.25, 0.3) is 0 Å². The smallest absolute Gasteiger partial charge is 0.00258 e.